The number of hydrogen-bond acceptors (Lipinski definition) is 5. The number of ether oxygens (including phenoxy) is 2. The quantitative estimate of drug-likeness (QED) is 0.592. The largest absolute Gasteiger partial charge is 0.482 e. The second kappa shape index (κ2) is 12.0. The van der Waals surface area contributed by atoms with Crippen LogP contribution in [0.3, 0.4) is 0 Å². The number of halogens is 4. The molecule has 0 unspecified atom stereocenters. The summed E-state index contributed by atoms with van der Waals surface area (Å²) in [6.45, 7) is 3.32. The first-order chi connectivity index (χ1) is 15.5. The van der Waals surface area contributed by atoms with Gasteiger partial charge in [0.25, 0.3) is 5.91 Å². The van der Waals surface area contributed by atoms with Crippen molar-refractivity contribution in [3.63, 3.8) is 0 Å². The molecular weight excluding hydrogens is 467 g/mol. The maximum Gasteiger partial charge on any atom is 0.422 e. The Balaban J connectivity index is 1.83. The molecule has 0 atom stereocenters. The molecule has 2 rings (SSSR count). The first-order valence-electron chi connectivity index (χ1n) is 10.5. The maximum absolute atomic E-state index is 12.5. The number of rotatable bonds is 8. The third-order valence-corrected chi connectivity index (χ3v) is 5.45. The summed E-state index contributed by atoms with van der Waals surface area (Å²) in [5, 5.41) is 2.96. The highest BCUT2D eigenvalue weighted by atomic mass is 35.5. The van der Waals surface area contributed by atoms with Crippen LogP contribution in [0, 0.1) is 5.92 Å². The van der Waals surface area contributed by atoms with E-state index in [9.17, 15) is 27.6 Å². The Kier molecular flexibility index (Phi) is 9.63. The summed E-state index contributed by atoms with van der Waals surface area (Å²) >= 11 is 6.21. The summed E-state index contributed by atoms with van der Waals surface area (Å²) in [6, 6.07) is 4.64. The van der Waals surface area contributed by atoms with Gasteiger partial charge < -0.3 is 24.6 Å². The summed E-state index contributed by atoms with van der Waals surface area (Å²) in [6.07, 6.45) is -5.06. The Morgan fingerprint density at radius 2 is 1.82 bits per heavy atom. The van der Waals surface area contributed by atoms with Crippen molar-refractivity contribution in [3.8, 4) is 5.75 Å². The standard InChI is InChI=1S/C21H27ClF3N3O5/c1-3-27(4-2)18(29)12-32-17-6-5-15(11-16(17)22)26-19(30)14-7-9-28(10-8-14)20(31)33-13-21(23,24)25/h5-6,11,14H,3-4,7-10,12-13H2,1-2H3,(H,26,30). The fraction of sp³-hybridized carbons (Fsp3) is 0.571. The number of likely N-dealkylation sites (N-methyl/N-ethyl adjacent to an activating group) is 1. The number of amides is 3. The number of nitrogens with zero attached hydrogens (tertiary/aromatic N) is 2. The van der Waals surface area contributed by atoms with Crippen LogP contribution in [0.2, 0.25) is 5.02 Å². The van der Waals surface area contributed by atoms with Gasteiger partial charge in [0.15, 0.2) is 13.2 Å². The van der Waals surface area contributed by atoms with Crippen LogP contribution in [0.15, 0.2) is 18.2 Å². The monoisotopic (exact) mass is 493 g/mol. The number of hydrogen-bond donors (Lipinski definition) is 1. The molecule has 184 valence electrons. The molecule has 0 radical (unpaired) electrons. The molecule has 1 saturated heterocycles. The lowest BCUT2D eigenvalue weighted by Crippen LogP contribution is -2.42. The average Bonchev–Trinajstić information content (AvgIpc) is 2.77. The minimum atomic E-state index is -4.59. The molecule has 0 saturated carbocycles. The number of likely N-dealkylation sites (tertiary alicyclic amines) is 1. The molecule has 8 nitrogen and oxygen atoms in total. The Hall–Kier alpha value is -2.69. The predicted octanol–water partition coefficient (Wildman–Crippen LogP) is 3.94. The molecule has 1 aliphatic rings. The number of alkyl halides is 3. The van der Waals surface area contributed by atoms with Gasteiger partial charge >= 0.3 is 12.3 Å². The number of piperidine rings is 1. The number of carbonyl (C=O) groups excluding carboxylic acids is 3. The fourth-order valence-corrected chi connectivity index (χ4v) is 3.54. The van der Waals surface area contributed by atoms with Gasteiger partial charge in [0.2, 0.25) is 5.91 Å². The van der Waals surface area contributed by atoms with Gasteiger partial charge in [-0.2, -0.15) is 13.2 Å². The molecule has 12 heteroatoms. The molecule has 0 bridgehead atoms. The molecule has 3 amide bonds. The topological polar surface area (TPSA) is 88.2 Å². The van der Waals surface area contributed by atoms with Gasteiger partial charge in [0.05, 0.1) is 5.02 Å². The number of nitrogens with one attached hydrogen (secondary N) is 1. The van der Waals surface area contributed by atoms with E-state index in [-0.39, 0.29) is 49.4 Å². The van der Waals surface area contributed by atoms with Gasteiger partial charge in [0.1, 0.15) is 5.75 Å². The molecule has 33 heavy (non-hydrogen) atoms. The van der Waals surface area contributed by atoms with Gasteiger partial charge in [-0.05, 0) is 44.9 Å². The molecule has 1 fully saturated rings. The molecule has 1 N–H and O–H groups in total. The predicted molar refractivity (Wildman–Crippen MR) is 115 cm³/mol. The van der Waals surface area contributed by atoms with Crippen molar-refractivity contribution in [1.82, 2.24) is 9.80 Å². The third kappa shape index (κ3) is 8.30. The van der Waals surface area contributed by atoms with E-state index < -0.39 is 24.8 Å². The lowest BCUT2D eigenvalue weighted by molar-refractivity contribution is -0.162. The first-order valence-corrected chi connectivity index (χ1v) is 10.9. The van der Waals surface area contributed by atoms with E-state index in [2.05, 4.69) is 10.1 Å². The van der Waals surface area contributed by atoms with E-state index >= 15 is 0 Å². The number of anilines is 1. The zero-order valence-corrected chi connectivity index (χ0v) is 19.2. The molecule has 1 heterocycles. The molecule has 1 aromatic carbocycles. The zero-order valence-electron chi connectivity index (χ0n) is 18.4. The minimum absolute atomic E-state index is 0.114. The van der Waals surface area contributed by atoms with Crippen molar-refractivity contribution < 1.29 is 37.0 Å². The van der Waals surface area contributed by atoms with Crippen LogP contribution >= 0.6 is 11.6 Å². The maximum atomic E-state index is 12.5. The summed E-state index contributed by atoms with van der Waals surface area (Å²) in [5.41, 5.74) is 0.430. The van der Waals surface area contributed by atoms with E-state index in [0.29, 0.717) is 24.5 Å². The lowest BCUT2D eigenvalue weighted by atomic mass is 9.96. The van der Waals surface area contributed by atoms with Crippen molar-refractivity contribution in [2.24, 2.45) is 5.92 Å². The summed E-state index contributed by atoms with van der Waals surface area (Å²) in [5.74, 6) is -0.569. The van der Waals surface area contributed by atoms with Crippen molar-refractivity contribution in [3.05, 3.63) is 23.2 Å². The van der Waals surface area contributed by atoms with E-state index in [0.717, 1.165) is 4.90 Å². The van der Waals surface area contributed by atoms with Crippen LogP contribution in [0.1, 0.15) is 26.7 Å². The van der Waals surface area contributed by atoms with E-state index in [1.165, 1.54) is 6.07 Å². The van der Waals surface area contributed by atoms with Crippen molar-refractivity contribution in [2.75, 3.05) is 44.7 Å². The van der Waals surface area contributed by atoms with Crippen LogP contribution in [0.4, 0.5) is 23.7 Å². The second-order valence-electron chi connectivity index (χ2n) is 7.42. The Morgan fingerprint density at radius 1 is 1.18 bits per heavy atom. The highest BCUT2D eigenvalue weighted by molar-refractivity contribution is 6.32. The SMILES string of the molecule is CCN(CC)C(=O)COc1ccc(NC(=O)C2CCN(C(=O)OCC(F)(F)F)CC2)cc1Cl. The van der Waals surface area contributed by atoms with E-state index in [1.54, 1.807) is 17.0 Å². The molecule has 0 aromatic heterocycles. The smallest absolute Gasteiger partial charge is 0.422 e. The summed E-state index contributed by atoms with van der Waals surface area (Å²) in [7, 11) is 0. The van der Waals surface area contributed by atoms with Gasteiger partial charge in [-0.1, -0.05) is 11.6 Å². The van der Waals surface area contributed by atoms with Gasteiger partial charge in [-0.25, -0.2) is 4.79 Å². The van der Waals surface area contributed by atoms with Crippen LogP contribution in [0.5, 0.6) is 5.75 Å². The first kappa shape index (κ1) is 26.6. The van der Waals surface area contributed by atoms with E-state index in [4.69, 9.17) is 16.3 Å². The third-order valence-electron chi connectivity index (χ3n) is 5.15. The molecular formula is C21H27ClF3N3O5. The van der Waals surface area contributed by atoms with Crippen molar-refractivity contribution in [1.29, 1.82) is 0 Å². The van der Waals surface area contributed by atoms with Crippen LogP contribution in [-0.2, 0) is 14.3 Å². The van der Waals surface area contributed by atoms with Gasteiger partial charge in [-0.3, -0.25) is 9.59 Å². The van der Waals surface area contributed by atoms with Crippen molar-refractivity contribution in [2.45, 2.75) is 32.9 Å². The fourth-order valence-electron chi connectivity index (χ4n) is 3.31. The number of benzene rings is 1. The van der Waals surface area contributed by atoms with Crippen LogP contribution in [-0.4, -0.2) is 73.3 Å². The van der Waals surface area contributed by atoms with Crippen molar-refractivity contribution >= 4 is 35.2 Å². The molecule has 0 aliphatic carbocycles. The normalized spacial score (nSPS) is 14.5. The molecule has 1 aromatic rings. The van der Waals surface area contributed by atoms with Crippen LogP contribution < -0.4 is 10.1 Å². The summed E-state index contributed by atoms with van der Waals surface area (Å²) < 4.78 is 46.2. The highest BCUT2D eigenvalue weighted by Gasteiger charge is 2.33. The lowest BCUT2D eigenvalue weighted by Gasteiger charge is -2.30. The Morgan fingerprint density at radius 3 is 2.36 bits per heavy atom. The number of carbonyl (C=O) groups is 3. The molecule has 0 spiro atoms. The Labute approximate surface area is 194 Å². The average molecular weight is 494 g/mol. The Bertz CT molecular complexity index is 841. The van der Waals surface area contributed by atoms with E-state index in [1.807, 2.05) is 13.8 Å². The van der Waals surface area contributed by atoms with Crippen LogP contribution in [0.25, 0.3) is 0 Å². The van der Waals surface area contributed by atoms with Gasteiger partial charge in [-0.15, -0.1) is 0 Å². The minimum Gasteiger partial charge on any atom is -0.482 e. The van der Waals surface area contributed by atoms with Gasteiger partial charge in [0, 0.05) is 37.8 Å². The summed E-state index contributed by atoms with van der Waals surface area (Å²) in [4.78, 5) is 39.1. The molecule has 1 aliphatic heterocycles. The second-order valence-corrected chi connectivity index (χ2v) is 7.83. The zero-order chi connectivity index (χ0) is 24.6. The highest BCUT2D eigenvalue weighted by Crippen LogP contribution is 2.29.